The largest absolute Gasteiger partial charge is 0.467 e. The summed E-state index contributed by atoms with van der Waals surface area (Å²) in [6, 6.07) is 10.4. The molecule has 166 valence electrons. The van der Waals surface area contributed by atoms with Crippen LogP contribution < -0.4 is 4.72 Å². The first kappa shape index (κ1) is 21.5. The Bertz CT molecular complexity index is 1060. The Morgan fingerprint density at radius 1 is 1.19 bits per heavy atom. The normalized spacial score (nSPS) is 20.6. The van der Waals surface area contributed by atoms with E-state index in [4.69, 9.17) is 4.42 Å². The van der Waals surface area contributed by atoms with E-state index >= 15 is 0 Å². The van der Waals surface area contributed by atoms with E-state index in [9.17, 15) is 13.2 Å². The number of furan rings is 1. The second-order valence-electron chi connectivity index (χ2n) is 8.05. The van der Waals surface area contributed by atoms with Crippen molar-refractivity contribution in [2.45, 2.75) is 12.5 Å². The standard InChI is InChI=1S/C21H27N5O4S/c1-24-8-10-25(11-9-24)15-21(27)26-19(20-7-4-12-30-20)14-18(22-26)16-5-3-6-17(13-16)23-31(2,28)29/h3-7,12-13,19,23H,8-11,14-15H2,1-2H3/t19-/m0/s1. The Balaban J connectivity index is 1.56. The van der Waals surface area contributed by atoms with Gasteiger partial charge in [-0.25, -0.2) is 13.4 Å². The van der Waals surface area contributed by atoms with Gasteiger partial charge >= 0.3 is 0 Å². The van der Waals surface area contributed by atoms with Crippen LogP contribution in [0.2, 0.25) is 0 Å². The molecule has 0 aliphatic carbocycles. The van der Waals surface area contributed by atoms with Gasteiger partial charge in [0.25, 0.3) is 5.91 Å². The number of nitrogens with zero attached hydrogens (tertiary/aromatic N) is 4. The third-order valence-electron chi connectivity index (χ3n) is 5.49. The van der Waals surface area contributed by atoms with Crippen LogP contribution in [-0.4, -0.2) is 80.9 Å². The van der Waals surface area contributed by atoms with Gasteiger partial charge in [0.1, 0.15) is 11.8 Å². The van der Waals surface area contributed by atoms with Crippen molar-refractivity contribution in [3.8, 4) is 0 Å². The highest BCUT2D eigenvalue weighted by Gasteiger charge is 2.35. The summed E-state index contributed by atoms with van der Waals surface area (Å²) in [5, 5.41) is 6.16. The summed E-state index contributed by atoms with van der Waals surface area (Å²) in [6.07, 6.45) is 3.19. The fraction of sp³-hybridized carbons (Fsp3) is 0.429. The van der Waals surface area contributed by atoms with Crippen molar-refractivity contribution < 1.29 is 17.6 Å². The van der Waals surface area contributed by atoms with Crippen LogP contribution >= 0.6 is 0 Å². The quantitative estimate of drug-likeness (QED) is 0.725. The minimum atomic E-state index is -3.39. The molecule has 2 aliphatic heterocycles. The Morgan fingerprint density at radius 2 is 1.97 bits per heavy atom. The van der Waals surface area contributed by atoms with Gasteiger partial charge in [-0.15, -0.1) is 0 Å². The highest BCUT2D eigenvalue weighted by Crippen LogP contribution is 2.33. The van der Waals surface area contributed by atoms with Gasteiger partial charge in [0.2, 0.25) is 10.0 Å². The number of hydrogen-bond donors (Lipinski definition) is 1. The van der Waals surface area contributed by atoms with Crippen LogP contribution in [0.3, 0.4) is 0 Å². The molecule has 0 spiro atoms. The molecule has 0 radical (unpaired) electrons. The summed E-state index contributed by atoms with van der Waals surface area (Å²) in [5.41, 5.74) is 1.94. The summed E-state index contributed by atoms with van der Waals surface area (Å²) < 4.78 is 31.2. The summed E-state index contributed by atoms with van der Waals surface area (Å²) in [5.74, 6) is 0.599. The molecule has 9 nitrogen and oxygen atoms in total. The maximum atomic E-state index is 13.2. The molecule has 0 bridgehead atoms. The van der Waals surface area contributed by atoms with E-state index in [2.05, 4.69) is 26.7 Å². The van der Waals surface area contributed by atoms with Gasteiger partial charge in [-0.1, -0.05) is 12.1 Å². The minimum Gasteiger partial charge on any atom is -0.467 e. The molecule has 31 heavy (non-hydrogen) atoms. The van der Waals surface area contributed by atoms with Gasteiger partial charge in [0, 0.05) is 38.3 Å². The number of piperazine rings is 1. The van der Waals surface area contributed by atoms with Crippen molar-refractivity contribution in [3.63, 3.8) is 0 Å². The lowest BCUT2D eigenvalue weighted by Crippen LogP contribution is -2.48. The van der Waals surface area contributed by atoms with Gasteiger partial charge in [-0.05, 0) is 36.9 Å². The van der Waals surface area contributed by atoms with Gasteiger partial charge < -0.3 is 9.32 Å². The lowest BCUT2D eigenvalue weighted by Gasteiger charge is -2.32. The van der Waals surface area contributed by atoms with Gasteiger partial charge in [0.05, 0.1) is 24.8 Å². The fourth-order valence-electron chi connectivity index (χ4n) is 3.86. The second-order valence-corrected chi connectivity index (χ2v) is 9.80. The van der Waals surface area contributed by atoms with Crippen molar-refractivity contribution in [2.24, 2.45) is 5.10 Å². The molecule has 0 unspecified atom stereocenters. The molecule has 1 aromatic heterocycles. The molecule has 0 saturated carbocycles. The first-order valence-electron chi connectivity index (χ1n) is 10.2. The zero-order valence-electron chi connectivity index (χ0n) is 17.7. The van der Waals surface area contributed by atoms with E-state index in [1.807, 2.05) is 12.1 Å². The average molecular weight is 446 g/mol. The molecule has 1 amide bonds. The molecule has 1 aromatic carbocycles. The van der Waals surface area contributed by atoms with Crippen LogP contribution in [0.15, 0.2) is 52.2 Å². The Morgan fingerprint density at radius 3 is 2.65 bits per heavy atom. The predicted octanol–water partition coefficient (Wildman–Crippen LogP) is 1.58. The van der Waals surface area contributed by atoms with E-state index in [0.717, 1.165) is 38.0 Å². The number of benzene rings is 1. The maximum Gasteiger partial charge on any atom is 0.257 e. The van der Waals surface area contributed by atoms with Gasteiger partial charge in [-0.2, -0.15) is 5.10 Å². The minimum absolute atomic E-state index is 0.0774. The molecule has 1 atom stereocenters. The molecular formula is C21H27N5O4S. The van der Waals surface area contributed by atoms with Crippen LogP contribution in [0.4, 0.5) is 5.69 Å². The number of hydrogen-bond acceptors (Lipinski definition) is 7. The van der Waals surface area contributed by atoms with E-state index in [1.54, 1.807) is 30.5 Å². The van der Waals surface area contributed by atoms with Gasteiger partial charge in [0.15, 0.2) is 0 Å². The molecule has 2 aliphatic rings. The first-order chi connectivity index (χ1) is 14.8. The number of sulfonamides is 1. The van der Waals surface area contributed by atoms with Crippen LogP contribution in [0, 0.1) is 0 Å². The number of amides is 1. The van der Waals surface area contributed by atoms with Crippen LogP contribution in [0.1, 0.15) is 23.8 Å². The summed E-state index contributed by atoms with van der Waals surface area (Å²) in [6.45, 7) is 3.86. The van der Waals surface area contributed by atoms with Crippen molar-refractivity contribution in [2.75, 3.05) is 50.7 Å². The highest BCUT2D eigenvalue weighted by atomic mass is 32.2. The lowest BCUT2D eigenvalue weighted by atomic mass is 10.0. The van der Waals surface area contributed by atoms with Crippen LogP contribution in [-0.2, 0) is 14.8 Å². The number of carbonyl (C=O) groups excluding carboxylic acids is 1. The third-order valence-corrected chi connectivity index (χ3v) is 6.10. The Hall–Kier alpha value is -2.69. The molecule has 2 aromatic rings. The number of hydrazone groups is 1. The first-order valence-corrected chi connectivity index (χ1v) is 12.1. The van der Waals surface area contributed by atoms with E-state index in [1.165, 1.54) is 5.01 Å². The van der Waals surface area contributed by atoms with E-state index in [-0.39, 0.29) is 11.9 Å². The average Bonchev–Trinajstić information content (AvgIpc) is 3.38. The summed E-state index contributed by atoms with van der Waals surface area (Å²) in [4.78, 5) is 17.6. The van der Waals surface area contributed by atoms with E-state index in [0.29, 0.717) is 30.1 Å². The second kappa shape index (κ2) is 8.81. The monoisotopic (exact) mass is 445 g/mol. The topological polar surface area (TPSA) is 98.5 Å². The fourth-order valence-corrected chi connectivity index (χ4v) is 4.42. The number of nitrogens with one attached hydrogen (secondary N) is 1. The zero-order valence-corrected chi connectivity index (χ0v) is 18.5. The Kier molecular flexibility index (Phi) is 6.12. The highest BCUT2D eigenvalue weighted by molar-refractivity contribution is 7.92. The Labute approximate surface area is 182 Å². The zero-order chi connectivity index (χ0) is 22.0. The molecule has 4 rings (SSSR count). The lowest BCUT2D eigenvalue weighted by molar-refractivity contribution is -0.135. The predicted molar refractivity (Wildman–Crippen MR) is 118 cm³/mol. The molecule has 1 saturated heterocycles. The maximum absolute atomic E-state index is 13.2. The molecule has 3 heterocycles. The SMILES string of the molecule is CN1CCN(CC(=O)N2N=C(c3cccc(NS(C)(=O)=O)c3)C[C@H]2c2ccco2)CC1. The van der Waals surface area contributed by atoms with E-state index < -0.39 is 10.0 Å². The smallest absolute Gasteiger partial charge is 0.257 e. The summed E-state index contributed by atoms with van der Waals surface area (Å²) in [7, 11) is -1.31. The van der Waals surface area contributed by atoms with Crippen LogP contribution in [0.25, 0.3) is 0 Å². The van der Waals surface area contributed by atoms with Crippen LogP contribution in [0.5, 0.6) is 0 Å². The number of rotatable bonds is 6. The third kappa shape index (κ3) is 5.33. The molecule has 1 fully saturated rings. The summed E-state index contributed by atoms with van der Waals surface area (Å²) >= 11 is 0. The van der Waals surface area contributed by atoms with Crippen molar-refractivity contribution >= 4 is 27.3 Å². The van der Waals surface area contributed by atoms with Gasteiger partial charge in [-0.3, -0.25) is 14.4 Å². The molecule has 10 heteroatoms. The molecular weight excluding hydrogens is 418 g/mol. The number of anilines is 1. The van der Waals surface area contributed by atoms with Crippen molar-refractivity contribution in [3.05, 3.63) is 54.0 Å². The van der Waals surface area contributed by atoms with Crippen molar-refractivity contribution in [1.82, 2.24) is 14.8 Å². The number of likely N-dealkylation sites (N-methyl/N-ethyl adjacent to an activating group) is 1. The van der Waals surface area contributed by atoms with Crippen molar-refractivity contribution in [1.29, 1.82) is 0 Å². The number of carbonyl (C=O) groups is 1. The molecule has 1 N–H and O–H groups in total.